The second kappa shape index (κ2) is 47.3. The summed E-state index contributed by atoms with van der Waals surface area (Å²) in [7, 11) is 0. The van der Waals surface area contributed by atoms with E-state index in [1.807, 2.05) is 121 Å². The first-order valence-corrected chi connectivity index (χ1v) is 14.0. The van der Waals surface area contributed by atoms with Gasteiger partial charge in [-0.2, -0.15) is 72.8 Å². The fourth-order valence-corrected chi connectivity index (χ4v) is 1.56. The maximum absolute atomic E-state index is 9.41. The van der Waals surface area contributed by atoms with Gasteiger partial charge in [-0.25, -0.2) is 48.5 Å². The summed E-state index contributed by atoms with van der Waals surface area (Å²) in [5.74, 6) is -6.19. The van der Waals surface area contributed by atoms with E-state index in [4.69, 9.17) is 69.6 Å². The summed E-state index contributed by atoms with van der Waals surface area (Å²) in [6.07, 6.45) is 1.54. The van der Waals surface area contributed by atoms with Crippen molar-refractivity contribution in [2.45, 2.75) is 8.59 Å². The molecule has 4 aromatic rings. The summed E-state index contributed by atoms with van der Waals surface area (Å²) in [4.78, 5) is 37.7. The van der Waals surface area contributed by atoms with E-state index < -0.39 is 32.5 Å². The molecule has 0 spiro atoms. The number of halogens is 6. The molecular formula is C30H26Cl6O8Ti2. The van der Waals surface area contributed by atoms with Gasteiger partial charge in [0, 0.05) is 0 Å². The smallest absolute Gasteiger partial charge is 0.545 e. The van der Waals surface area contributed by atoms with Gasteiger partial charge >= 0.3 is 43.4 Å². The number of rotatable bonds is 4. The predicted octanol–water partition coefficient (Wildman–Crippen LogP) is 3.67. The molecule has 46 heavy (non-hydrogen) atoms. The number of hydrogen-bond acceptors (Lipinski definition) is 8. The van der Waals surface area contributed by atoms with E-state index in [1.165, 1.54) is 0 Å². The first kappa shape index (κ1) is 56.3. The van der Waals surface area contributed by atoms with Crippen molar-refractivity contribution in [1.82, 2.24) is 0 Å². The summed E-state index contributed by atoms with van der Waals surface area (Å²) in [5, 5.41) is 37.7. The molecule has 0 radical (unpaired) electrons. The Morgan fingerprint density at radius 3 is 0.543 bits per heavy atom. The Hall–Kier alpha value is -2.07. The second-order valence-corrected chi connectivity index (χ2v) is 10.2. The van der Waals surface area contributed by atoms with Crippen LogP contribution in [0.2, 0.25) is 0 Å². The Bertz CT molecular complexity index is 899. The van der Waals surface area contributed by atoms with Crippen molar-refractivity contribution in [3.8, 4) is 0 Å². The van der Waals surface area contributed by atoms with Gasteiger partial charge in [0.1, 0.15) is 0 Å². The number of alkyl halides is 6. The number of carboxylic acid groups (broad SMARTS) is 4. The normalized spacial score (nSPS) is 8.35. The Labute approximate surface area is 328 Å². The Balaban J connectivity index is -0.0000000999. The van der Waals surface area contributed by atoms with Gasteiger partial charge in [0.25, 0.3) is 0 Å². The average Bonchev–Trinajstić information content (AvgIpc) is 3.78. The summed E-state index contributed by atoms with van der Waals surface area (Å²) < 4.78 is -1.50. The second-order valence-electron chi connectivity index (χ2n) is 6.29. The summed E-state index contributed by atoms with van der Waals surface area (Å²) in [6.45, 7) is 0. The molecule has 0 fully saturated rings. The Kier molecular flexibility index (Phi) is 57.9. The minimum Gasteiger partial charge on any atom is -0.545 e. The molecule has 8 nitrogen and oxygen atoms in total. The molecule has 0 saturated carbocycles. The fraction of sp³-hybridized carbons (Fsp3) is 0.0667. The van der Waals surface area contributed by atoms with Crippen LogP contribution in [0, 0.1) is 0 Å². The summed E-state index contributed by atoms with van der Waals surface area (Å²) in [6, 6.07) is 40.0. The van der Waals surface area contributed by atoms with Crippen molar-refractivity contribution in [3.05, 3.63) is 146 Å². The topological polar surface area (TPSA) is 161 Å². The molecule has 0 N–H and O–H groups in total. The molecule has 0 aliphatic heterocycles. The van der Waals surface area contributed by atoms with Crippen LogP contribution in [0.3, 0.4) is 0 Å². The monoisotopic (exact) mass is 820 g/mol. The molecule has 0 amide bonds. The van der Waals surface area contributed by atoms with Gasteiger partial charge in [-0.1, -0.05) is 69.6 Å². The van der Waals surface area contributed by atoms with Gasteiger partial charge < -0.3 is 39.6 Å². The largest absolute Gasteiger partial charge is 4.00 e. The molecule has 0 aliphatic carbocycles. The number of carbonyl (C=O) groups is 4. The molecule has 0 aliphatic rings. The quantitative estimate of drug-likeness (QED) is 0.131. The molecule has 4 rings (SSSR count). The van der Waals surface area contributed by atoms with Crippen molar-refractivity contribution in [3.63, 3.8) is 0 Å². The molecule has 0 aromatic heterocycles. The molecule has 0 saturated heterocycles. The zero-order valence-electron chi connectivity index (χ0n) is 23.5. The van der Waals surface area contributed by atoms with Crippen molar-refractivity contribution >= 4 is 93.5 Å². The maximum Gasteiger partial charge on any atom is 4.00 e. The van der Waals surface area contributed by atoms with Crippen LogP contribution in [-0.2, 0) is 62.6 Å². The van der Waals surface area contributed by atoms with Gasteiger partial charge in [0.15, 0.2) is 8.59 Å². The van der Waals surface area contributed by atoms with E-state index in [9.17, 15) is 39.6 Å². The minimum atomic E-state index is -1.55. The van der Waals surface area contributed by atoms with E-state index in [0.717, 1.165) is 0 Å². The van der Waals surface area contributed by atoms with Gasteiger partial charge in [-0.3, -0.25) is 0 Å². The van der Waals surface area contributed by atoms with Crippen LogP contribution in [0.1, 0.15) is 0 Å². The van der Waals surface area contributed by atoms with E-state index in [0.29, 0.717) is 24.3 Å². The van der Waals surface area contributed by atoms with Crippen LogP contribution in [0.15, 0.2) is 146 Å². The van der Waals surface area contributed by atoms with Crippen LogP contribution in [0.4, 0.5) is 0 Å². The third kappa shape index (κ3) is 90.0. The predicted molar refractivity (Wildman–Crippen MR) is 169 cm³/mol. The third-order valence-electron chi connectivity index (χ3n) is 2.93. The van der Waals surface area contributed by atoms with E-state index >= 15 is 0 Å². The molecule has 4 aromatic carbocycles. The third-order valence-corrected chi connectivity index (χ3v) is 2.93. The van der Waals surface area contributed by atoms with Crippen LogP contribution in [0.25, 0.3) is 0 Å². The zero-order valence-corrected chi connectivity index (χ0v) is 31.2. The van der Waals surface area contributed by atoms with E-state index in [1.54, 1.807) is 0 Å². The number of carboxylic acids is 4. The van der Waals surface area contributed by atoms with Crippen molar-refractivity contribution in [1.29, 1.82) is 0 Å². The maximum atomic E-state index is 9.41. The molecule has 0 atom stereocenters. The van der Waals surface area contributed by atoms with Crippen LogP contribution >= 0.6 is 69.6 Å². The number of aliphatic carboxylic acids is 4. The number of hydrogen-bond donors (Lipinski definition) is 0. The Morgan fingerprint density at radius 2 is 0.500 bits per heavy atom. The van der Waals surface area contributed by atoms with Gasteiger partial charge in [-0.05, 0) is 24.3 Å². The van der Waals surface area contributed by atoms with Crippen molar-refractivity contribution < 1.29 is 83.0 Å². The molecule has 0 heterocycles. The molecule has 16 heteroatoms. The van der Waals surface area contributed by atoms with E-state index in [-0.39, 0.29) is 43.4 Å². The van der Waals surface area contributed by atoms with Crippen LogP contribution < -0.4 is 20.4 Å². The summed E-state index contributed by atoms with van der Waals surface area (Å²) >= 11 is 28.8. The molecule has 244 valence electrons. The standard InChI is InChI=1S/4C5H5.2C4H4O4.2CHCl3.2Ti/c4*1-2-4-5-3-1;2*5-3(6)1-2-4(7)8;2*2-1(3)4;;/h4*1-5H;2*1-2H,(H,5,6)(H,7,8);2*1H;;/q4*-1;;;;;2*+4/p-4/b;;;;2*2-1+;;;;. The van der Waals surface area contributed by atoms with Crippen molar-refractivity contribution in [2.75, 3.05) is 0 Å². The van der Waals surface area contributed by atoms with Gasteiger partial charge in [0.05, 0.1) is 23.9 Å². The van der Waals surface area contributed by atoms with Crippen molar-refractivity contribution in [2.24, 2.45) is 0 Å². The van der Waals surface area contributed by atoms with Gasteiger partial charge in [-0.15, -0.1) is 0 Å². The summed E-state index contributed by atoms with van der Waals surface area (Å²) in [5.41, 5.74) is 0. The van der Waals surface area contributed by atoms with Gasteiger partial charge in [0.2, 0.25) is 0 Å². The zero-order chi connectivity index (χ0) is 34.4. The van der Waals surface area contributed by atoms with Crippen LogP contribution in [0.5, 0.6) is 0 Å². The Morgan fingerprint density at radius 1 is 0.391 bits per heavy atom. The molecule has 0 bridgehead atoms. The minimum absolute atomic E-state index is 0. The molecular weight excluding hydrogens is 797 g/mol. The first-order valence-electron chi connectivity index (χ1n) is 11.4. The van der Waals surface area contributed by atoms with E-state index in [2.05, 4.69) is 0 Å². The molecule has 0 unspecified atom stereocenters. The fourth-order valence-electron chi connectivity index (χ4n) is 1.56. The van der Waals surface area contributed by atoms with Crippen LogP contribution in [-0.4, -0.2) is 32.5 Å². The number of carbonyl (C=O) groups excluding carboxylic acids is 4. The SMILES string of the molecule is ClC(Cl)Cl.ClC(Cl)Cl.O=C([O-])/C=C/C(=O)[O-].O=C([O-])/C=C/C(=O)[O-].[Ti+4].[Ti+4].c1cc[cH-]c1.c1cc[cH-]c1.c1cc[cH-]c1.c1cc[cH-]c1. The first-order chi connectivity index (χ1) is 20.7. The average molecular weight is 823 g/mol.